The highest BCUT2D eigenvalue weighted by Gasteiger charge is 1.86. The fraction of sp³-hybridized carbons (Fsp3) is 0.545. The van der Waals surface area contributed by atoms with E-state index in [1.807, 2.05) is 33.8 Å². The van der Waals surface area contributed by atoms with E-state index in [0.29, 0.717) is 0 Å². The maximum Gasteiger partial charge on any atom is 0.0647 e. The van der Waals surface area contributed by atoms with Gasteiger partial charge in [-0.1, -0.05) is 37.6 Å². The zero-order valence-electron chi connectivity index (χ0n) is 8.96. The molecular formula is C11H21N. The molecule has 0 aromatic carbocycles. The lowest BCUT2D eigenvalue weighted by Gasteiger charge is -1.94. The molecule has 0 rings (SSSR count). The second-order valence-electron chi connectivity index (χ2n) is 2.31. The van der Waals surface area contributed by atoms with E-state index >= 15 is 0 Å². The molecule has 70 valence electrons. The van der Waals surface area contributed by atoms with Crippen LogP contribution >= 0.6 is 0 Å². The Morgan fingerprint density at radius 2 is 1.92 bits per heavy atom. The van der Waals surface area contributed by atoms with E-state index in [1.54, 1.807) is 0 Å². The number of allylic oxidation sites excluding steroid dienone is 3. The fourth-order valence-electron chi connectivity index (χ4n) is 0.448. The first-order chi connectivity index (χ1) is 5.70. The van der Waals surface area contributed by atoms with E-state index < -0.39 is 0 Å². The Kier molecular flexibility index (Phi) is 11.6. The van der Waals surface area contributed by atoms with Crippen LogP contribution in [0, 0.1) is 0 Å². The van der Waals surface area contributed by atoms with Gasteiger partial charge in [0.15, 0.2) is 0 Å². The number of hydrogen-bond acceptors (Lipinski definition) is 1. The molecule has 0 heterocycles. The van der Waals surface area contributed by atoms with Crippen molar-refractivity contribution in [3.8, 4) is 0 Å². The molecule has 0 aromatic rings. The Balaban J connectivity index is 0. The normalized spacial score (nSPS) is 13.6. The highest BCUT2D eigenvalue weighted by Crippen LogP contribution is 1.97. The number of nitrogens with zero attached hydrogens (tertiary/aromatic N) is 1. The molecule has 1 heteroatoms. The van der Waals surface area contributed by atoms with Crippen LogP contribution in [0.1, 0.15) is 34.6 Å². The molecular weight excluding hydrogens is 146 g/mol. The quantitative estimate of drug-likeness (QED) is 0.449. The van der Waals surface area contributed by atoms with E-state index in [4.69, 9.17) is 0 Å². The van der Waals surface area contributed by atoms with Gasteiger partial charge in [-0.05, 0) is 27.5 Å². The summed E-state index contributed by atoms with van der Waals surface area (Å²) in [6, 6.07) is 0.231. The van der Waals surface area contributed by atoms with Crippen LogP contribution in [0.4, 0.5) is 0 Å². The maximum absolute atomic E-state index is 3.83. The molecule has 1 unspecified atom stereocenters. The van der Waals surface area contributed by atoms with Crippen molar-refractivity contribution in [2.24, 2.45) is 4.99 Å². The first kappa shape index (κ1) is 13.7. The first-order valence-electron chi connectivity index (χ1n) is 4.47. The van der Waals surface area contributed by atoms with Crippen molar-refractivity contribution >= 4 is 6.72 Å². The Morgan fingerprint density at radius 1 is 1.42 bits per heavy atom. The zero-order chi connectivity index (χ0) is 9.98. The minimum absolute atomic E-state index is 0.231. The van der Waals surface area contributed by atoms with Gasteiger partial charge in [-0.15, -0.1) is 0 Å². The molecule has 1 nitrogen and oxygen atoms in total. The molecule has 0 fully saturated rings. The van der Waals surface area contributed by atoms with Gasteiger partial charge < -0.3 is 0 Å². The fourth-order valence-corrected chi connectivity index (χ4v) is 0.448. The van der Waals surface area contributed by atoms with Gasteiger partial charge in [-0.3, -0.25) is 4.99 Å². The first-order valence-corrected chi connectivity index (χ1v) is 4.47. The highest BCUT2D eigenvalue weighted by molar-refractivity contribution is 5.26. The van der Waals surface area contributed by atoms with Crippen molar-refractivity contribution in [1.29, 1.82) is 0 Å². The largest absolute Gasteiger partial charge is 0.294 e. The molecule has 0 aliphatic rings. The van der Waals surface area contributed by atoms with Gasteiger partial charge in [0.25, 0.3) is 0 Å². The summed E-state index contributed by atoms with van der Waals surface area (Å²) in [7, 11) is 0. The Bertz CT molecular complexity index is 154. The van der Waals surface area contributed by atoms with Crippen LogP contribution in [-0.4, -0.2) is 12.8 Å². The van der Waals surface area contributed by atoms with E-state index in [1.165, 1.54) is 5.57 Å². The molecule has 0 aliphatic heterocycles. The summed E-state index contributed by atoms with van der Waals surface area (Å²) in [6.07, 6.45) is 6.15. The summed E-state index contributed by atoms with van der Waals surface area (Å²) in [5.74, 6) is 0. The van der Waals surface area contributed by atoms with Crippen molar-refractivity contribution < 1.29 is 0 Å². The molecule has 0 aliphatic carbocycles. The van der Waals surface area contributed by atoms with Gasteiger partial charge in [0, 0.05) is 0 Å². The number of hydrogen-bond donors (Lipinski definition) is 0. The Morgan fingerprint density at radius 3 is 2.25 bits per heavy atom. The molecule has 0 N–H and O–H groups in total. The van der Waals surface area contributed by atoms with Crippen LogP contribution in [0.3, 0.4) is 0 Å². The van der Waals surface area contributed by atoms with Crippen LogP contribution < -0.4 is 0 Å². The molecule has 0 bridgehead atoms. The third-order valence-electron chi connectivity index (χ3n) is 1.38. The summed E-state index contributed by atoms with van der Waals surface area (Å²) < 4.78 is 0. The molecule has 0 aromatic heterocycles. The van der Waals surface area contributed by atoms with Crippen LogP contribution in [0.25, 0.3) is 0 Å². The average molecular weight is 167 g/mol. The van der Waals surface area contributed by atoms with Crippen molar-refractivity contribution in [2.45, 2.75) is 40.7 Å². The molecule has 0 amide bonds. The molecule has 1 atom stereocenters. The summed E-state index contributed by atoms with van der Waals surface area (Å²) >= 11 is 0. The number of rotatable bonds is 3. The summed E-state index contributed by atoms with van der Waals surface area (Å²) in [4.78, 5) is 3.83. The second-order valence-corrected chi connectivity index (χ2v) is 2.31. The van der Waals surface area contributed by atoms with Gasteiger partial charge >= 0.3 is 0 Å². The van der Waals surface area contributed by atoms with Crippen LogP contribution in [-0.2, 0) is 0 Å². The predicted octanol–water partition coefficient (Wildman–Crippen LogP) is 3.62. The lowest BCUT2D eigenvalue weighted by Crippen LogP contribution is -1.88. The van der Waals surface area contributed by atoms with Crippen LogP contribution in [0.5, 0.6) is 0 Å². The van der Waals surface area contributed by atoms with E-state index in [-0.39, 0.29) is 6.04 Å². The number of aliphatic imine (C=N–C) groups is 1. The van der Waals surface area contributed by atoms with Crippen molar-refractivity contribution in [2.75, 3.05) is 0 Å². The maximum atomic E-state index is 3.83. The van der Waals surface area contributed by atoms with Crippen molar-refractivity contribution in [3.05, 3.63) is 23.8 Å². The van der Waals surface area contributed by atoms with Gasteiger partial charge in [0.2, 0.25) is 0 Å². The molecule has 0 spiro atoms. The third-order valence-corrected chi connectivity index (χ3v) is 1.38. The topological polar surface area (TPSA) is 12.4 Å². The minimum Gasteiger partial charge on any atom is -0.294 e. The smallest absolute Gasteiger partial charge is 0.0647 e. The van der Waals surface area contributed by atoms with Crippen LogP contribution in [0.2, 0.25) is 0 Å². The van der Waals surface area contributed by atoms with Crippen molar-refractivity contribution in [3.63, 3.8) is 0 Å². The standard InChI is InChI=1S/C9H15N.C2H6/c1-5-8(2)6-7-9(3)10-4;1-2/h5-7,9H,4H2,1-3H3;1-2H3/b7-6-,8-5-;. The van der Waals surface area contributed by atoms with Gasteiger partial charge in [0.1, 0.15) is 0 Å². The molecule has 0 radical (unpaired) electrons. The van der Waals surface area contributed by atoms with E-state index in [2.05, 4.69) is 30.8 Å². The van der Waals surface area contributed by atoms with E-state index in [0.717, 1.165) is 0 Å². The summed E-state index contributed by atoms with van der Waals surface area (Å²) in [6.45, 7) is 13.5. The minimum atomic E-state index is 0.231. The monoisotopic (exact) mass is 167 g/mol. The summed E-state index contributed by atoms with van der Waals surface area (Å²) in [5.41, 5.74) is 1.26. The Hall–Kier alpha value is -0.850. The lowest BCUT2D eigenvalue weighted by atomic mass is 10.2. The van der Waals surface area contributed by atoms with Crippen molar-refractivity contribution in [1.82, 2.24) is 0 Å². The molecule has 0 saturated carbocycles. The van der Waals surface area contributed by atoms with Crippen LogP contribution in [0.15, 0.2) is 28.8 Å². The average Bonchev–Trinajstić information content (AvgIpc) is 2.16. The molecule has 0 saturated heterocycles. The van der Waals surface area contributed by atoms with Gasteiger partial charge in [-0.25, -0.2) is 0 Å². The Labute approximate surface area is 76.9 Å². The van der Waals surface area contributed by atoms with Gasteiger partial charge in [-0.2, -0.15) is 0 Å². The van der Waals surface area contributed by atoms with Gasteiger partial charge in [0.05, 0.1) is 6.04 Å². The zero-order valence-corrected chi connectivity index (χ0v) is 8.96. The SMILES string of the molecule is C=NC(C)/C=C\C(C)=C/C.CC. The van der Waals surface area contributed by atoms with E-state index in [9.17, 15) is 0 Å². The molecule has 12 heavy (non-hydrogen) atoms. The lowest BCUT2D eigenvalue weighted by molar-refractivity contribution is 0.935. The second kappa shape index (κ2) is 10.2. The summed E-state index contributed by atoms with van der Waals surface area (Å²) in [5, 5.41) is 0. The highest BCUT2D eigenvalue weighted by atomic mass is 14.7. The predicted molar refractivity (Wildman–Crippen MR) is 58.9 cm³/mol. The third kappa shape index (κ3) is 9.15.